The third kappa shape index (κ3) is 4.57. The van der Waals surface area contributed by atoms with Gasteiger partial charge in [0.1, 0.15) is 11.8 Å². The highest BCUT2D eigenvalue weighted by Gasteiger charge is 2.39. The van der Waals surface area contributed by atoms with E-state index in [-0.39, 0.29) is 24.9 Å². The second-order valence-electron chi connectivity index (χ2n) is 8.04. The average Bonchev–Trinajstić information content (AvgIpc) is 3.33. The van der Waals surface area contributed by atoms with Crippen LogP contribution in [0.3, 0.4) is 0 Å². The molecule has 4 rings (SSSR count). The number of amides is 4. The van der Waals surface area contributed by atoms with Gasteiger partial charge in [-0.05, 0) is 53.8 Å². The number of urea groups is 1. The van der Waals surface area contributed by atoms with Gasteiger partial charge in [0.05, 0.1) is 40.3 Å². The molecule has 1 fully saturated rings. The maximum Gasteiger partial charge on any atom is 0.325 e. The van der Waals surface area contributed by atoms with Gasteiger partial charge in [-0.1, -0.05) is 12.1 Å². The van der Waals surface area contributed by atoms with Crippen LogP contribution < -0.4 is 24.8 Å². The molecule has 4 amide bonds. The molecule has 33 heavy (non-hydrogen) atoms. The van der Waals surface area contributed by atoms with E-state index in [1.807, 2.05) is 12.1 Å². The highest BCUT2D eigenvalue weighted by Crippen LogP contribution is 2.39. The molecule has 2 atom stereocenters. The van der Waals surface area contributed by atoms with Gasteiger partial charge in [-0.2, -0.15) is 0 Å². The molecule has 1 saturated heterocycles. The zero-order chi connectivity index (χ0) is 23.5. The Morgan fingerprint density at radius 3 is 2.42 bits per heavy atom. The molecule has 2 aromatic carbocycles. The lowest BCUT2D eigenvalue weighted by molar-refractivity contribution is -0.131. The van der Waals surface area contributed by atoms with Crippen LogP contribution >= 0.6 is 0 Å². The Labute approximate surface area is 192 Å². The number of hydrogen-bond acceptors (Lipinski definition) is 6. The van der Waals surface area contributed by atoms with E-state index in [1.165, 1.54) is 0 Å². The van der Waals surface area contributed by atoms with Gasteiger partial charge >= 0.3 is 6.03 Å². The molecule has 1 aliphatic heterocycles. The van der Waals surface area contributed by atoms with Crippen molar-refractivity contribution in [3.05, 3.63) is 53.1 Å². The van der Waals surface area contributed by atoms with Crippen LogP contribution in [0.1, 0.15) is 35.6 Å². The molecule has 0 spiro atoms. The number of nitrogens with one attached hydrogen (secondary N) is 2. The van der Waals surface area contributed by atoms with Crippen LogP contribution in [0.15, 0.2) is 36.4 Å². The first-order valence-electron chi connectivity index (χ1n) is 10.7. The van der Waals surface area contributed by atoms with Crippen molar-refractivity contribution >= 4 is 17.8 Å². The molecule has 0 radical (unpaired) electrons. The summed E-state index contributed by atoms with van der Waals surface area (Å²) in [7, 11) is 4.72. The predicted octanol–water partition coefficient (Wildman–Crippen LogP) is 2.33. The number of hydrogen-bond donors (Lipinski definition) is 2. The molecule has 9 nitrogen and oxygen atoms in total. The van der Waals surface area contributed by atoms with Crippen LogP contribution in [0, 0.1) is 0 Å². The number of carbonyl (C=O) groups is 3. The number of ether oxygens (including phenoxy) is 3. The molecule has 0 aromatic heterocycles. The number of imide groups is 1. The first kappa shape index (κ1) is 22.4. The van der Waals surface area contributed by atoms with Crippen molar-refractivity contribution in [3.63, 3.8) is 0 Å². The molecule has 2 N–H and O–H groups in total. The number of carbonyl (C=O) groups excluding carboxylic acids is 3. The summed E-state index contributed by atoms with van der Waals surface area (Å²) >= 11 is 0. The number of methoxy groups -OCH3 is 3. The third-order valence-electron chi connectivity index (χ3n) is 6.05. The van der Waals surface area contributed by atoms with Gasteiger partial charge in [0, 0.05) is 0 Å². The Kier molecular flexibility index (Phi) is 6.39. The van der Waals surface area contributed by atoms with Crippen molar-refractivity contribution in [1.29, 1.82) is 0 Å². The molecule has 9 heteroatoms. The Hall–Kier alpha value is -3.75. The smallest absolute Gasteiger partial charge is 0.325 e. The Morgan fingerprint density at radius 1 is 1.06 bits per heavy atom. The predicted molar refractivity (Wildman–Crippen MR) is 119 cm³/mol. The van der Waals surface area contributed by atoms with E-state index >= 15 is 0 Å². The Morgan fingerprint density at radius 2 is 1.76 bits per heavy atom. The first-order chi connectivity index (χ1) is 15.9. The number of aryl methyl sites for hydroxylation is 1. The lowest BCUT2D eigenvalue weighted by Gasteiger charge is -2.17. The summed E-state index contributed by atoms with van der Waals surface area (Å²) in [5.74, 6) is 1.23. The van der Waals surface area contributed by atoms with E-state index < -0.39 is 18.0 Å². The van der Waals surface area contributed by atoms with Crippen molar-refractivity contribution in [2.45, 2.75) is 37.9 Å². The van der Waals surface area contributed by atoms with E-state index in [0.29, 0.717) is 17.2 Å². The fourth-order valence-electron chi connectivity index (χ4n) is 4.30. The van der Waals surface area contributed by atoms with Crippen molar-refractivity contribution < 1.29 is 28.6 Å². The Bertz CT molecular complexity index is 1070. The number of nitrogens with zero attached hydrogens (tertiary/aromatic N) is 1. The minimum absolute atomic E-state index is 0.122. The molecule has 0 bridgehead atoms. The zero-order valence-corrected chi connectivity index (χ0v) is 18.8. The molecule has 2 aromatic rings. The minimum Gasteiger partial charge on any atom is -0.497 e. The average molecular weight is 453 g/mol. The molecule has 2 unspecified atom stereocenters. The normalized spacial score (nSPS) is 19.2. The van der Waals surface area contributed by atoms with Crippen molar-refractivity contribution in [2.75, 3.05) is 21.3 Å². The standard InChI is InChI=1S/C24H27N3O6/c1-31-16-7-4-14(5-8-16)13-27-23(29)19(26-24(27)30)12-22(28)25-18-9-6-15-10-20(32-2)21(33-3)11-17(15)18/h4-5,7-8,10-11,18-19H,6,9,12-13H2,1-3H3,(H,25,28)(H,26,30). The monoisotopic (exact) mass is 453 g/mol. The third-order valence-corrected chi connectivity index (χ3v) is 6.05. The second kappa shape index (κ2) is 9.40. The lowest BCUT2D eigenvalue weighted by Crippen LogP contribution is -2.37. The molecular formula is C24H27N3O6. The first-order valence-corrected chi connectivity index (χ1v) is 10.7. The van der Waals surface area contributed by atoms with Gasteiger partial charge in [0.15, 0.2) is 11.5 Å². The fraction of sp³-hybridized carbons (Fsp3) is 0.375. The van der Waals surface area contributed by atoms with E-state index in [2.05, 4.69) is 10.6 Å². The molecule has 1 heterocycles. The summed E-state index contributed by atoms with van der Waals surface area (Å²) in [5, 5.41) is 5.61. The van der Waals surface area contributed by atoms with Crippen LogP contribution in [-0.4, -0.2) is 50.1 Å². The summed E-state index contributed by atoms with van der Waals surface area (Å²) in [6, 6.07) is 9.35. The number of rotatable bonds is 8. The van der Waals surface area contributed by atoms with Gasteiger partial charge in [0.25, 0.3) is 5.91 Å². The minimum atomic E-state index is -0.887. The topological polar surface area (TPSA) is 106 Å². The van der Waals surface area contributed by atoms with Crippen molar-refractivity contribution in [3.8, 4) is 17.2 Å². The van der Waals surface area contributed by atoms with E-state index in [0.717, 1.165) is 34.4 Å². The van der Waals surface area contributed by atoms with Crippen LogP contribution in [0.25, 0.3) is 0 Å². The summed E-state index contributed by atoms with van der Waals surface area (Å²) in [5.41, 5.74) is 2.86. The van der Waals surface area contributed by atoms with Gasteiger partial charge in [0.2, 0.25) is 5.91 Å². The number of fused-ring (bicyclic) bond motifs is 1. The van der Waals surface area contributed by atoms with Gasteiger partial charge < -0.3 is 24.8 Å². The summed E-state index contributed by atoms with van der Waals surface area (Å²) in [6.07, 6.45) is 1.42. The Balaban J connectivity index is 1.38. The maximum absolute atomic E-state index is 12.8. The molecule has 2 aliphatic rings. The molecule has 0 saturated carbocycles. The van der Waals surface area contributed by atoms with Gasteiger partial charge in [-0.3, -0.25) is 14.5 Å². The van der Waals surface area contributed by atoms with Crippen LogP contribution in [0.5, 0.6) is 17.2 Å². The highest BCUT2D eigenvalue weighted by molar-refractivity contribution is 6.05. The van der Waals surface area contributed by atoms with Crippen molar-refractivity contribution in [2.24, 2.45) is 0 Å². The fourth-order valence-corrected chi connectivity index (χ4v) is 4.30. The lowest BCUT2D eigenvalue weighted by atomic mass is 10.1. The van der Waals surface area contributed by atoms with E-state index in [9.17, 15) is 14.4 Å². The van der Waals surface area contributed by atoms with Gasteiger partial charge in [-0.25, -0.2) is 4.79 Å². The SMILES string of the molecule is COc1ccc(CN2C(=O)NC(CC(=O)NC3CCc4cc(OC)c(OC)cc43)C2=O)cc1. The van der Waals surface area contributed by atoms with Crippen LogP contribution in [0.4, 0.5) is 4.79 Å². The van der Waals surface area contributed by atoms with Crippen LogP contribution in [-0.2, 0) is 22.6 Å². The zero-order valence-electron chi connectivity index (χ0n) is 18.8. The summed E-state index contributed by atoms with van der Waals surface area (Å²) in [4.78, 5) is 39.0. The second-order valence-corrected chi connectivity index (χ2v) is 8.04. The van der Waals surface area contributed by atoms with Crippen LogP contribution in [0.2, 0.25) is 0 Å². The highest BCUT2D eigenvalue weighted by atomic mass is 16.5. The van der Waals surface area contributed by atoms with E-state index in [1.54, 1.807) is 45.6 Å². The summed E-state index contributed by atoms with van der Waals surface area (Å²) < 4.78 is 15.9. The molecule has 174 valence electrons. The molecular weight excluding hydrogens is 426 g/mol. The van der Waals surface area contributed by atoms with E-state index in [4.69, 9.17) is 14.2 Å². The quantitative estimate of drug-likeness (QED) is 0.595. The van der Waals surface area contributed by atoms with Gasteiger partial charge in [-0.15, -0.1) is 0 Å². The number of benzene rings is 2. The maximum atomic E-state index is 12.8. The largest absolute Gasteiger partial charge is 0.497 e. The summed E-state index contributed by atoms with van der Waals surface area (Å²) in [6.45, 7) is 0.129. The van der Waals surface area contributed by atoms with Crippen molar-refractivity contribution in [1.82, 2.24) is 15.5 Å². The molecule has 1 aliphatic carbocycles.